The minimum Gasteiger partial charge on any atom is -0.311 e. The zero-order valence-corrected chi connectivity index (χ0v) is 12.9. The van der Waals surface area contributed by atoms with Crippen molar-refractivity contribution in [3.8, 4) is 0 Å². The molecule has 0 bridgehead atoms. The molecule has 3 rings (SSSR count). The van der Waals surface area contributed by atoms with E-state index in [0.29, 0.717) is 0 Å². The lowest BCUT2D eigenvalue weighted by Gasteiger charge is -2.32. The zero-order valence-electron chi connectivity index (χ0n) is 12.9. The van der Waals surface area contributed by atoms with Crippen LogP contribution >= 0.6 is 0 Å². The molecule has 2 aromatic rings. The van der Waals surface area contributed by atoms with Crippen LogP contribution in [0.15, 0.2) is 18.5 Å². The van der Waals surface area contributed by atoms with Gasteiger partial charge in [0, 0.05) is 69.8 Å². The number of fused-ring (bicyclic) bond motifs is 1. The average molecular weight is 288 g/mol. The van der Waals surface area contributed by atoms with Crippen LogP contribution in [0.1, 0.15) is 11.3 Å². The highest BCUT2D eigenvalue weighted by Gasteiger charge is 2.12. The van der Waals surface area contributed by atoms with Crippen molar-refractivity contribution in [1.29, 1.82) is 0 Å². The molecule has 21 heavy (non-hydrogen) atoms. The number of aromatic nitrogens is 3. The van der Waals surface area contributed by atoms with E-state index >= 15 is 0 Å². The van der Waals surface area contributed by atoms with E-state index < -0.39 is 0 Å². The van der Waals surface area contributed by atoms with Crippen molar-refractivity contribution in [3.05, 3.63) is 29.7 Å². The fourth-order valence-corrected chi connectivity index (χ4v) is 2.67. The Morgan fingerprint density at radius 1 is 1.24 bits per heavy atom. The third-order valence-corrected chi connectivity index (χ3v) is 4.02. The Labute approximate surface area is 125 Å². The molecule has 1 aliphatic heterocycles. The minimum absolute atomic E-state index is 0.843. The summed E-state index contributed by atoms with van der Waals surface area (Å²) < 4.78 is 1.85. The number of likely N-dealkylation sites (N-methyl/N-ethyl adjacent to an activating group) is 1. The van der Waals surface area contributed by atoms with E-state index in [9.17, 15) is 0 Å². The number of rotatable bonds is 5. The van der Waals surface area contributed by atoms with Gasteiger partial charge in [-0.1, -0.05) is 0 Å². The molecule has 1 N–H and O–H groups in total. The molecule has 1 saturated heterocycles. The number of piperazine rings is 1. The van der Waals surface area contributed by atoms with Gasteiger partial charge in [-0.3, -0.25) is 4.90 Å². The summed E-state index contributed by atoms with van der Waals surface area (Å²) in [7, 11) is 2.19. The molecule has 0 amide bonds. The molecule has 0 atom stereocenters. The Balaban J connectivity index is 1.44. The van der Waals surface area contributed by atoms with Crippen molar-refractivity contribution < 1.29 is 0 Å². The molecule has 0 unspecified atom stereocenters. The Morgan fingerprint density at radius 3 is 2.86 bits per heavy atom. The van der Waals surface area contributed by atoms with Gasteiger partial charge in [-0.05, 0) is 14.0 Å². The summed E-state index contributed by atoms with van der Waals surface area (Å²) >= 11 is 0. The van der Waals surface area contributed by atoms with Gasteiger partial charge in [0.2, 0.25) is 0 Å². The SMILES string of the molecule is Cc1cc2ncc(CNCCN3CCN(C)CC3)cn2n1. The highest BCUT2D eigenvalue weighted by atomic mass is 15.3. The van der Waals surface area contributed by atoms with E-state index in [4.69, 9.17) is 0 Å². The van der Waals surface area contributed by atoms with Gasteiger partial charge >= 0.3 is 0 Å². The first-order valence-electron chi connectivity index (χ1n) is 7.63. The molecule has 0 aromatic carbocycles. The van der Waals surface area contributed by atoms with Gasteiger partial charge in [0.15, 0.2) is 5.65 Å². The Kier molecular flexibility index (Phi) is 4.48. The molecule has 1 fully saturated rings. The molecule has 114 valence electrons. The van der Waals surface area contributed by atoms with Crippen molar-refractivity contribution in [2.45, 2.75) is 13.5 Å². The van der Waals surface area contributed by atoms with Crippen LogP contribution in [0.4, 0.5) is 0 Å². The second-order valence-electron chi connectivity index (χ2n) is 5.87. The van der Waals surface area contributed by atoms with Gasteiger partial charge in [0.25, 0.3) is 0 Å². The lowest BCUT2D eigenvalue weighted by atomic mass is 10.3. The van der Waals surface area contributed by atoms with Crippen LogP contribution in [0.25, 0.3) is 5.65 Å². The maximum atomic E-state index is 4.42. The molecule has 3 heterocycles. The molecule has 1 aliphatic rings. The molecule has 0 aliphatic carbocycles. The summed E-state index contributed by atoms with van der Waals surface area (Å²) in [6.07, 6.45) is 3.98. The number of aryl methyl sites for hydroxylation is 1. The third-order valence-electron chi connectivity index (χ3n) is 4.02. The van der Waals surface area contributed by atoms with Crippen LogP contribution in [0.5, 0.6) is 0 Å². The molecule has 2 aromatic heterocycles. The van der Waals surface area contributed by atoms with Gasteiger partial charge in [0.05, 0.1) is 5.69 Å². The predicted octanol–water partition coefficient (Wildman–Crippen LogP) is 0.375. The van der Waals surface area contributed by atoms with Crippen molar-refractivity contribution in [3.63, 3.8) is 0 Å². The second-order valence-corrected chi connectivity index (χ2v) is 5.87. The third kappa shape index (κ3) is 3.78. The van der Waals surface area contributed by atoms with Crippen molar-refractivity contribution in [1.82, 2.24) is 29.7 Å². The topological polar surface area (TPSA) is 48.7 Å². The summed E-state index contributed by atoms with van der Waals surface area (Å²) in [6, 6.07) is 1.99. The number of nitrogens with one attached hydrogen (secondary N) is 1. The summed E-state index contributed by atoms with van der Waals surface area (Å²) in [5.74, 6) is 0. The lowest BCUT2D eigenvalue weighted by molar-refractivity contribution is 0.154. The van der Waals surface area contributed by atoms with Crippen LogP contribution < -0.4 is 5.32 Å². The van der Waals surface area contributed by atoms with E-state index in [1.54, 1.807) is 0 Å². The highest BCUT2D eigenvalue weighted by molar-refractivity contribution is 5.38. The summed E-state index contributed by atoms with van der Waals surface area (Å²) in [5, 5.41) is 7.89. The Morgan fingerprint density at radius 2 is 2.05 bits per heavy atom. The normalized spacial score (nSPS) is 17.6. The maximum Gasteiger partial charge on any atom is 0.155 e. The standard InChI is InChI=1S/C15H24N6/c1-13-9-15-17-11-14(12-21(15)18-13)10-16-3-4-20-7-5-19(2)6-8-20/h9,11-12,16H,3-8,10H2,1-2H3. The Hall–Kier alpha value is -1.50. The van der Waals surface area contributed by atoms with E-state index in [-0.39, 0.29) is 0 Å². The predicted molar refractivity (Wildman–Crippen MR) is 83.4 cm³/mol. The first-order chi connectivity index (χ1) is 10.2. The molecular weight excluding hydrogens is 264 g/mol. The van der Waals surface area contributed by atoms with Crippen LogP contribution in [-0.4, -0.2) is 70.7 Å². The Bertz CT molecular complexity index is 585. The molecule has 0 radical (unpaired) electrons. The maximum absolute atomic E-state index is 4.42. The molecule has 6 nitrogen and oxygen atoms in total. The van der Waals surface area contributed by atoms with Gasteiger partial charge in [0.1, 0.15) is 0 Å². The fourth-order valence-electron chi connectivity index (χ4n) is 2.67. The first-order valence-corrected chi connectivity index (χ1v) is 7.63. The first kappa shape index (κ1) is 14.4. The number of nitrogens with zero attached hydrogens (tertiary/aromatic N) is 5. The number of hydrogen-bond acceptors (Lipinski definition) is 5. The monoisotopic (exact) mass is 288 g/mol. The molecule has 0 saturated carbocycles. The van der Waals surface area contributed by atoms with Crippen LogP contribution in [-0.2, 0) is 6.54 Å². The van der Waals surface area contributed by atoms with Crippen molar-refractivity contribution >= 4 is 5.65 Å². The average Bonchev–Trinajstić information content (AvgIpc) is 2.85. The molecule has 0 spiro atoms. The van der Waals surface area contributed by atoms with Crippen LogP contribution in [0.2, 0.25) is 0 Å². The molecular formula is C15H24N6. The highest BCUT2D eigenvalue weighted by Crippen LogP contribution is 2.04. The summed E-state index contributed by atoms with van der Waals surface area (Å²) in [6.45, 7) is 9.68. The van der Waals surface area contributed by atoms with E-state index in [1.165, 1.54) is 31.7 Å². The van der Waals surface area contributed by atoms with Gasteiger partial charge in [-0.15, -0.1) is 0 Å². The summed E-state index contributed by atoms with van der Waals surface area (Å²) in [4.78, 5) is 9.33. The smallest absolute Gasteiger partial charge is 0.155 e. The minimum atomic E-state index is 0.843. The van der Waals surface area contributed by atoms with E-state index in [1.807, 2.05) is 23.7 Å². The molecule has 6 heteroatoms. The lowest BCUT2D eigenvalue weighted by Crippen LogP contribution is -2.46. The quantitative estimate of drug-likeness (QED) is 0.806. The van der Waals surface area contributed by atoms with Crippen LogP contribution in [0, 0.1) is 6.92 Å². The van der Waals surface area contributed by atoms with Crippen molar-refractivity contribution in [2.75, 3.05) is 46.3 Å². The van der Waals surface area contributed by atoms with Crippen molar-refractivity contribution in [2.24, 2.45) is 0 Å². The largest absolute Gasteiger partial charge is 0.311 e. The van der Waals surface area contributed by atoms with Crippen LogP contribution in [0.3, 0.4) is 0 Å². The second kappa shape index (κ2) is 6.51. The van der Waals surface area contributed by atoms with Gasteiger partial charge in [-0.25, -0.2) is 9.50 Å². The van der Waals surface area contributed by atoms with E-state index in [2.05, 4.69) is 38.4 Å². The summed E-state index contributed by atoms with van der Waals surface area (Å²) in [5.41, 5.74) is 3.08. The number of hydrogen-bond donors (Lipinski definition) is 1. The van der Waals surface area contributed by atoms with Gasteiger partial charge in [-0.2, -0.15) is 5.10 Å². The van der Waals surface area contributed by atoms with Gasteiger partial charge < -0.3 is 10.2 Å². The zero-order chi connectivity index (χ0) is 14.7. The van der Waals surface area contributed by atoms with E-state index in [0.717, 1.165) is 31.0 Å². The fraction of sp³-hybridized carbons (Fsp3) is 0.600.